The number of ether oxygens (including phenoxy) is 2. The maximum Gasteiger partial charge on any atom is 0.240 e. The molecule has 2 aromatic carbocycles. The van der Waals surface area contributed by atoms with E-state index in [1.54, 1.807) is 13.0 Å². The third kappa shape index (κ3) is 6.39. The predicted molar refractivity (Wildman–Crippen MR) is 114 cm³/mol. The van der Waals surface area contributed by atoms with Crippen LogP contribution in [0.3, 0.4) is 0 Å². The zero-order valence-corrected chi connectivity index (χ0v) is 18.5. The highest BCUT2D eigenvalue weighted by Gasteiger charge is 2.19. The number of sulfonamides is 1. The maximum absolute atomic E-state index is 13.3. The summed E-state index contributed by atoms with van der Waals surface area (Å²) >= 11 is 0. The monoisotopic (exact) mass is 468 g/mol. The van der Waals surface area contributed by atoms with Crippen molar-refractivity contribution < 1.29 is 31.5 Å². The normalized spacial score (nSPS) is 14.1. The lowest BCUT2D eigenvalue weighted by Gasteiger charge is -2.18. The lowest BCUT2D eigenvalue weighted by Crippen LogP contribution is -2.27. The third-order valence-corrected chi connectivity index (χ3v) is 6.48. The van der Waals surface area contributed by atoms with Crippen molar-refractivity contribution in [1.82, 2.24) is 10.0 Å². The van der Waals surface area contributed by atoms with Crippen LogP contribution in [0.5, 0.6) is 11.5 Å². The van der Waals surface area contributed by atoms with E-state index in [2.05, 4.69) is 10.0 Å². The van der Waals surface area contributed by atoms with Gasteiger partial charge in [0.2, 0.25) is 15.9 Å². The summed E-state index contributed by atoms with van der Waals surface area (Å²) in [5, 5.41) is 2.74. The van der Waals surface area contributed by atoms with E-state index in [4.69, 9.17) is 9.47 Å². The summed E-state index contributed by atoms with van der Waals surface area (Å²) in [6.07, 6.45) is 2.04. The van der Waals surface area contributed by atoms with Gasteiger partial charge in [0.1, 0.15) is 13.2 Å². The third-order valence-electron chi connectivity index (χ3n) is 5.02. The van der Waals surface area contributed by atoms with Gasteiger partial charge in [0, 0.05) is 19.0 Å². The molecule has 0 saturated heterocycles. The highest BCUT2D eigenvalue weighted by molar-refractivity contribution is 7.89. The van der Waals surface area contributed by atoms with Crippen LogP contribution in [0.4, 0.5) is 8.78 Å². The molecule has 1 aliphatic rings. The Morgan fingerprint density at radius 2 is 1.75 bits per heavy atom. The number of hydrogen-bond donors (Lipinski definition) is 2. The van der Waals surface area contributed by atoms with Gasteiger partial charge in [-0.2, -0.15) is 0 Å². The van der Waals surface area contributed by atoms with Gasteiger partial charge < -0.3 is 14.8 Å². The molecule has 2 N–H and O–H groups in total. The van der Waals surface area contributed by atoms with Gasteiger partial charge in [0.25, 0.3) is 0 Å². The van der Waals surface area contributed by atoms with Crippen LogP contribution < -0.4 is 19.5 Å². The Morgan fingerprint density at radius 3 is 2.50 bits per heavy atom. The van der Waals surface area contributed by atoms with E-state index in [0.717, 1.165) is 12.1 Å². The van der Waals surface area contributed by atoms with Crippen LogP contribution in [0.25, 0.3) is 0 Å². The van der Waals surface area contributed by atoms with E-state index in [0.29, 0.717) is 49.5 Å². The van der Waals surface area contributed by atoms with Gasteiger partial charge in [0.05, 0.1) is 10.9 Å². The van der Waals surface area contributed by atoms with Gasteiger partial charge >= 0.3 is 0 Å². The van der Waals surface area contributed by atoms with Gasteiger partial charge in [0.15, 0.2) is 23.1 Å². The van der Waals surface area contributed by atoms with Crippen molar-refractivity contribution in [3.05, 3.63) is 53.6 Å². The Labute approximate surface area is 186 Å². The number of rotatable bonds is 10. The number of carbonyl (C=O) groups excluding carboxylic acids is 1. The molecule has 32 heavy (non-hydrogen) atoms. The van der Waals surface area contributed by atoms with E-state index in [1.165, 1.54) is 18.2 Å². The molecule has 1 unspecified atom stereocenters. The number of fused-ring (bicyclic) bond motifs is 1. The molecule has 1 atom stereocenters. The van der Waals surface area contributed by atoms with E-state index in [9.17, 15) is 22.0 Å². The fourth-order valence-electron chi connectivity index (χ4n) is 3.25. The standard InChI is InChI=1S/C22H26F2N2O5S/c1-15(16-6-8-18(23)19(24)13-16)26-22(27)5-3-2-4-10-25-32(28,29)17-7-9-20-21(14-17)31-12-11-30-20/h6-9,13-15,25H,2-5,10-12H2,1H3,(H,26,27). The molecule has 2 aromatic rings. The summed E-state index contributed by atoms with van der Waals surface area (Å²) in [7, 11) is -3.67. The molecule has 174 valence electrons. The molecule has 10 heteroatoms. The second kappa shape index (κ2) is 10.7. The molecule has 0 saturated carbocycles. The van der Waals surface area contributed by atoms with Crippen LogP contribution in [0.15, 0.2) is 41.3 Å². The number of benzene rings is 2. The number of amides is 1. The molecule has 1 amide bonds. The number of nitrogens with one attached hydrogen (secondary N) is 2. The molecule has 0 radical (unpaired) electrons. The van der Waals surface area contributed by atoms with Crippen LogP contribution >= 0.6 is 0 Å². The minimum atomic E-state index is -3.67. The average Bonchev–Trinajstić information content (AvgIpc) is 2.77. The van der Waals surface area contributed by atoms with Crippen molar-refractivity contribution >= 4 is 15.9 Å². The smallest absolute Gasteiger partial charge is 0.240 e. The van der Waals surface area contributed by atoms with Crippen LogP contribution in [-0.2, 0) is 14.8 Å². The Balaban J connectivity index is 1.36. The van der Waals surface area contributed by atoms with Gasteiger partial charge in [-0.1, -0.05) is 12.5 Å². The first kappa shape index (κ1) is 23.9. The number of halogens is 2. The van der Waals surface area contributed by atoms with Crippen molar-refractivity contribution in [2.24, 2.45) is 0 Å². The van der Waals surface area contributed by atoms with Crippen molar-refractivity contribution in [3.8, 4) is 11.5 Å². The summed E-state index contributed by atoms with van der Waals surface area (Å²) in [6, 6.07) is 7.55. The number of carbonyl (C=O) groups is 1. The largest absolute Gasteiger partial charge is 0.486 e. The quantitative estimate of drug-likeness (QED) is 0.521. The second-order valence-corrected chi connectivity index (χ2v) is 9.24. The Kier molecular flexibility index (Phi) is 8.03. The minimum Gasteiger partial charge on any atom is -0.486 e. The molecule has 1 heterocycles. The van der Waals surface area contributed by atoms with Crippen LogP contribution in [0.1, 0.15) is 44.2 Å². The molecular formula is C22H26F2N2O5S. The van der Waals surface area contributed by atoms with Crippen LogP contribution in [0, 0.1) is 11.6 Å². The molecule has 0 bridgehead atoms. The first-order valence-corrected chi connectivity index (χ1v) is 11.9. The summed E-state index contributed by atoms with van der Waals surface area (Å²) in [5.74, 6) is -1.17. The van der Waals surface area contributed by atoms with Crippen molar-refractivity contribution in [2.45, 2.75) is 43.5 Å². The predicted octanol–water partition coefficient (Wildman–Crippen LogP) is 3.45. The fraction of sp³-hybridized carbons (Fsp3) is 0.409. The second-order valence-electron chi connectivity index (χ2n) is 7.48. The van der Waals surface area contributed by atoms with E-state index < -0.39 is 27.7 Å². The van der Waals surface area contributed by atoms with Gasteiger partial charge in [-0.3, -0.25) is 4.79 Å². The maximum atomic E-state index is 13.3. The Morgan fingerprint density at radius 1 is 1.00 bits per heavy atom. The molecule has 3 rings (SSSR count). The van der Waals surface area contributed by atoms with Crippen LogP contribution in [-0.4, -0.2) is 34.1 Å². The zero-order chi connectivity index (χ0) is 23.1. The topological polar surface area (TPSA) is 93.7 Å². The van der Waals surface area contributed by atoms with E-state index >= 15 is 0 Å². The summed E-state index contributed by atoms with van der Waals surface area (Å²) in [5.41, 5.74) is 0.478. The van der Waals surface area contributed by atoms with Gasteiger partial charge in [-0.25, -0.2) is 21.9 Å². The number of hydrogen-bond acceptors (Lipinski definition) is 5. The highest BCUT2D eigenvalue weighted by Crippen LogP contribution is 2.32. The Bertz CT molecular complexity index is 1060. The highest BCUT2D eigenvalue weighted by atomic mass is 32.2. The first-order chi connectivity index (χ1) is 15.3. The lowest BCUT2D eigenvalue weighted by atomic mass is 10.1. The molecule has 1 aliphatic heterocycles. The van der Waals surface area contributed by atoms with Crippen molar-refractivity contribution in [2.75, 3.05) is 19.8 Å². The molecule has 0 spiro atoms. The first-order valence-electron chi connectivity index (χ1n) is 10.4. The van der Waals surface area contributed by atoms with Gasteiger partial charge in [-0.05, 0) is 49.6 Å². The van der Waals surface area contributed by atoms with E-state index in [-0.39, 0.29) is 23.8 Å². The Hall–Kier alpha value is -2.72. The summed E-state index contributed by atoms with van der Waals surface area (Å²) < 4.78 is 64.6. The van der Waals surface area contributed by atoms with Crippen LogP contribution in [0.2, 0.25) is 0 Å². The average molecular weight is 469 g/mol. The summed E-state index contributed by atoms with van der Waals surface area (Å²) in [6.45, 7) is 2.73. The van der Waals surface area contributed by atoms with Crippen molar-refractivity contribution in [1.29, 1.82) is 0 Å². The minimum absolute atomic E-state index is 0.104. The van der Waals surface area contributed by atoms with Gasteiger partial charge in [-0.15, -0.1) is 0 Å². The zero-order valence-electron chi connectivity index (χ0n) is 17.7. The molecule has 7 nitrogen and oxygen atoms in total. The molecule has 0 fully saturated rings. The number of unbranched alkanes of at least 4 members (excludes halogenated alkanes) is 2. The van der Waals surface area contributed by atoms with Crippen molar-refractivity contribution in [3.63, 3.8) is 0 Å². The lowest BCUT2D eigenvalue weighted by molar-refractivity contribution is -0.121. The summed E-state index contributed by atoms with van der Waals surface area (Å²) in [4.78, 5) is 12.2. The molecular weight excluding hydrogens is 442 g/mol. The molecule has 0 aliphatic carbocycles. The molecule has 0 aromatic heterocycles. The van der Waals surface area contributed by atoms with E-state index in [1.807, 2.05) is 0 Å². The SMILES string of the molecule is CC(NC(=O)CCCCCNS(=O)(=O)c1ccc2c(c1)OCCO2)c1ccc(F)c(F)c1. The fourth-order valence-corrected chi connectivity index (χ4v) is 4.34.